The minimum atomic E-state index is -0.548. The number of hydrogen-bond donors (Lipinski definition) is 1. The molecule has 1 atom stereocenters. The first kappa shape index (κ1) is 15.5. The first-order valence-corrected chi connectivity index (χ1v) is 7.10. The predicted octanol–water partition coefficient (Wildman–Crippen LogP) is 3.81. The van der Waals surface area contributed by atoms with Gasteiger partial charge in [0.2, 0.25) is 0 Å². The molecule has 1 heterocycles. The second kappa shape index (κ2) is 6.73. The molecule has 0 amide bonds. The Kier molecular flexibility index (Phi) is 4.98. The van der Waals surface area contributed by atoms with Crippen LogP contribution < -0.4 is 10.1 Å². The topological polar surface area (TPSA) is 77.5 Å². The van der Waals surface area contributed by atoms with E-state index in [1.165, 1.54) is 6.07 Å². The molecule has 21 heavy (non-hydrogen) atoms. The molecule has 0 saturated carbocycles. The van der Waals surface area contributed by atoms with Crippen LogP contribution in [0.3, 0.4) is 0 Å². The lowest BCUT2D eigenvalue weighted by Gasteiger charge is -2.14. The highest BCUT2D eigenvalue weighted by atomic mass is 79.9. The maximum atomic E-state index is 10.5. The van der Waals surface area contributed by atoms with Gasteiger partial charge in [0.05, 0.1) is 24.2 Å². The number of hydrogen-bond acceptors (Lipinski definition) is 5. The van der Waals surface area contributed by atoms with Gasteiger partial charge in [0, 0.05) is 6.04 Å². The lowest BCUT2D eigenvalue weighted by Crippen LogP contribution is -2.17. The van der Waals surface area contributed by atoms with Gasteiger partial charge in [0.15, 0.2) is 0 Å². The number of nitrogens with one attached hydrogen (secondary N) is 1. The quantitative estimate of drug-likeness (QED) is 0.630. The van der Waals surface area contributed by atoms with Crippen LogP contribution >= 0.6 is 15.9 Å². The summed E-state index contributed by atoms with van der Waals surface area (Å²) in [7, 11) is 1.62. The van der Waals surface area contributed by atoms with Crippen LogP contribution in [0.15, 0.2) is 39.2 Å². The highest BCUT2D eigenvalue weighted by molar-refractivity contribution is 9.10. The summed E-state index contributed by atoms with van der Waals surface area (Å²) < 4.78 is 11.2. The zero-order valence-corrected chi connectivity index (χ0v) is 13.2. The van der Waals surface area contributed by atoms with Gasteiger partial charge in [-0.2, -0.15) is 0 Å². The number of nitrogens with zero attached hydrogens (tertiary/aromatic N) is 1. The molecule has 0 bridgehead atoms. The lowest BCUT2D eigenvalue weighted by molar-refractivity contribution is -0.402. The number of halogens is 1. The zero-order chi connectivity index (χ0) is 15.4. The van der Waals surface area contributed by atoms with Gasteiger partial charge in [-0.05, 0) is 46.6 Å². The predicted molar refractivity (Wildman–Crippen MR) is 81.3 cm³/mol. The standard InChI is InChI=1S/C14H15BrN2O4/c1-9(10-3-5-13(20-2)12(15)7-10)16-8-11-4-6-14(21-11)17(18)19/h3-7,9,16H,8H2,1-2H3. The first-order chi connectivity index (χ1) is 10.0. The van der Waals surface area contributed by atoms with E-state index < -0.39 is 4.92 Å². The molecule has 2 rings (SSSR count). The van der Waals surface area contributed by atoms with Gasteiger partial charge in [-0.25, -0.2) is 0 Å². The van der Waals surface area contributed by atoms with Gasteiger partial charge in [0.25, 0.3) is 0 Å². The molecule has 6 nitrogen and oxygen atoms in total. The molecule has 0 aliphatic heterocycles. The molecule has 0 spiro atoms. The van der Waals surface area contributed by atoms with E-state index in [0.29, 0.717) is 12.3 Å². The Labute approximate surface area is 130 Å². The summed E-state index contributed by atoms with van der Waals surface area (Å²) in [6, 6.07) is 8.84. The van der Waals surface area contributed by atoms with Crippen molar-refractivity contribution in [3.05, 3.63) is 56.2 Å². The number of nitro groups is 1. The van der Waals surface area contributed by atoms with Gasteiger partial charge >= 0.3 is 5.88 Å². The summed E-state index contributed by atoms with van der Waals surface area (Å²) in [5.74, 6) is 1.06. The second-order valence-corrected chi connectivity index (χ2v) is 5.35. The molecule has 1 unspecified atom stereocenters. The second-order valence-electron chi connectivity index (χ2n) is 4.49. The third-order valence-corrected chi connectivity index (χ3v) is 3.71. The Bertz CT molecular complexity index is 642. The van der Waals surface area contributed by atoms with E-state index in [1.807, 2.05) is 25.1 Å². The van der Waals surface area contributed by atoms with E-state index in [9.17, 15) is 10.1 Å². The monoisotopic (exact) mass is 354 g/mol. The minimum absolute atomic E-state index is 0.0661. The Balaban J connectivity index is 1.99. The summed E-state index contributed by atoms with van der Waals surface area (Å²) in [6.07, 6.45) is 0. The number of rotatable bonds is 6. The molecule has 1 N–H and O–H groups in total. The third kappa shape index (κ3) is 3.83. The van der Waals surface area contributed by atoms with Gasteiger partial charge in [0.1, 0.15) is 16.4 Å². The van der Waals surface area contributed by atoms with Crippen LogP contribution in [-0.4, -0.2) is 12.0 Å². The molecule has 0 aliphatic rings. The Morgan fingerprint density at radius 2 is 2.19 bits per heavy atom. The van der Waals surface area contributed by atoms with Gasteiger partial charge in [-0.15, -0.1) is 0 Å². The SMILES string of the molecule is COc1ccc(C(C)NCc2ccc([N+](=O)[O-])o2)cc1Br. The van der Waals surface area contributed by atoms with Crippen molar-refractivity contribution in [1.82, 2.24) is 5.32 Å². The fourth-order valence-electron chi connectivity index (χ4n) is 1.88. The summed E-state index contributed by atoms with van der Waals surface area (Å²) in [5, 5.41) is 13.8. The van der Waals surface area contributed by atoms with E-state index in [1.54, 1.807) is 13.2 Å². The van der Waals surface area contributed by atoms with Crippen LogP contribution in [0.1, 0.15) is 24.3 Å². The fraction of sp³-hybridized carbons (Fsp3) is 0.286. The van der Waals surface area contributed by atoms with Crippen molar-refractivity contribution < 1.29 is 14.1 Å². The lowest BCUT2D eigenvalue weighted by atomic mass is 10.1. The minimum Gasteiger partial charge on any atom is -0.496 e. The van der Waals surface area contributed by atoms with Gasteiger partial charge in [-0.3, -0.25) is 10.1 Å². The number of benzene rings is 1. The van der Waals surface area contributed by atoms with Gasteiger partial charge < -0.3 is 14.5 Å². The largest absolute Gasteiger partial charge is 0.496 e. The fourth-order valence-corrected chi connectivity index (χ4v) is 2.44. The summed E-state index contributed by atoms with van der Waals surface area (Å²) in [6.45, 7) is 2.42. The van der Waals surface area contributed by atoms with Crippen molar-refractivity contribution in [2.24, 2.45) is 0 Å². The normalized spacial score (nSPS) is 12.1. The van der Waals surface area contributed by atoms with E-state index >= 15 is 0 Å². The average molecular weight is 355 g/mol. The Hall–Kier alpha value is -1.86. The molecule has 1 aromatic heterocycles. The Morgan fingerprint density at radius 1 is 1.43 bits per heavy atom. The molecule has 0 radical (unpaired) electrons. The van der Waals surface area contributed by atoms with E-state index in [2.05, 4.69) is 21.2 Å². The van der Waals surface area contributed by atoms with Crippen LogP contribution in [0.4, 0.5) is 5.88 Å². The average Bonchev–Trinajstić information content (AvgIpc) is 2.93. The summed E-state index contributed by atoms with van der Waals surface area (Å²) >= 11 is 3.44. The first-order valence-electron chi connectivity index (χ1n) is 6.31. The maximum absolute atomic E-state index is 10.5. The zero-order valence-electron chi connectivity index (χ0n) is 11.6. The van der Waals surface area contributed by atoms with Crippen LogP contribution in [0.5, 0.6) is 5.75 Å². The molecular weight excluding hydrogens is 340 g/mol. The molecule has 2 aromatic rings. The Morgan fingerprint density at radius 3 is 2.76 bits per heavy atom. The summed E-state index contributed by atoms with van der Waals surface area (Å²) in [5.41, 5.74) is 1.07. The van der Waals surface area contributed by atoms with Crippen molar-refractivity contribution in [1.29, 1.82) is 0 Å². The molecule has 0 saturated heterocycles. The van der Waals surface area contributed by atoms with Gasteiger partial charge in [-0.1, -0.05) is 6.07 Å². The van der Waals surface area contributed by atoms with E-state index in [-0.39, 0.29) is 11.9 Å². The molecule has 7 heteroatoms. The molecule has 0 aliphatic carbocycles. The van der Waals surface area contributed by atoms with Crippen LogP contribution in [0.2, 0.25) is 0 Å². The van der Waals surface area contributed by atoms with Crippen LogP contribution in [0, 0.1) is 10.1 Å². The molecular formula is C14H15BrN2O4. The summed E-state index contributed by atoms with van der Waals surface area (Å²) in [4.78, 5) is 10.00. The number of furan rings is 1. The van der Waals surface area contributed by atoms with E-state index in [0.717, 1.165) is 15.8 Å². The van der Waals surface area contributed by atoms with Crippen molar-refractivity contribution in [2.75, 3.05) is 7.11 Å². The van der Waals surface area contributed by atoms with Crippen molar-refractivity contribution >= 4 is 21.8 Å². The number of ether oxygens (including phenoxy) is 1. The maximum Gasteiger partial charge on any atom is 0.433 e. The highest BCUT2D eigenvalue weighted by Gasteiger charge is 2.13. The van der Waals surface area contributed by atoms with Crippen LogP contribution in [-0.2, 0) is 6.54 Å². The molecule has 1 aromatic carbocycles. The smallest absolute Gasteiger partial charge is 0.433 e. The van der Waals surface area contributed by atoms with Crippen molar-refractivity contribution in [2.45, 2.75) is 19.5 Å². The highest BCUT2D eigenvalue weighted by Crippen LogP contribution is 2.28. The molecule has 0 fully saturated rings. The van der Waals surface area contributed by atoms with E-state index in [4.69, 9.17) is 9.15 Å². The number of methoxy groups -OCH3 is 1. The van der Waals surface area contributed by atoms with Crippen LogP contribution in [0.25, 0.3) is 0 Å². The van der Waals surface area contributed by atoms with Crippen molar-refractivity contribution in [3.8, 4) is 5.75 Å². The molecule has 112 valence electrons. The third-order valence-electron chi connectivity index (χ3n) is 3.09. The van der Waals surface area contributed by atoms with Crippen molar-refractivity contribution in [3.63, 3.8) is 0 Å².